The van der Waals surface area contributed by atoms with Gasteiger partial charge in [0.05, 0.1) is 11.8 Å². The molecule has 18 heavy (non-hydrogen) atoms. The van der Waals surface area contributed by atoms with Crippen LogP contribution in [0.3, 0.4) is 0 Å². The zero-order chi connectivity index (χ0) is 14.4. The van der Waals surface area contributed by atoms with Gasteiger partial charge < -0.3 is 9.47 Å². The van der Waals surface area contributed by atoms with Crippen molar-refractivity contribution in [2.24, 2.45) is 5.41 Å². The van der Waals surface area contributed by atoms with E-state index in [9.17, 15) is 22.8 Å². The van der Waals surface area contributed by atoms with Crippen LogP contribution in [0.5, 0.6) is 0 Å². The van der Waals surface area contributed by atoms with Gasteiger partial charge in [0.15, 0.2) is 6.61 Å². The number of esters is 2. The average Bonchev–Trinajstić information content (AvgIpc) is 2.24. The Hall–Kier alpha value is -1.27. The second-order valence-corrected chi connectivity index (χ2v) is 4.40. The van der Waals surface area contributed by atoms with E-state index in [4.69, 9.17) is 0 Å². The van der Waals surface area contributed by atoms with Gasteiger partial charge in [0.1, 0.15) is 6.61 Å². The summed E-state index contributed by atoms with van der Waals surface area (Å²) in [5, 5.41) is 0. The number of carbonyl (C=O) groups excluding carboxylic acids is 2. The average molecular weight is 270 g/mol. The van der Waals surface area contributed by atoms with Crippen LogP contribution < -0.4 is 0 Å². The van der Waals surface area contributed by atoms with Crippen molar-refractivity contribution in [3.8, 4) is 0 Å². The third-order valence-corrected chi connectivity index (χ3v) is 2.41. The van der Waals surface area contributed by atoms with E-state index >= 15 is 0 Å². The van der Waals surface area contributed by atoms with E-state index in [0.717, 1.165) is 0 Å². The maximum Gasteiger partial charge on any atom is 0.392 e. The lowest BCUT2D eigenvalue weighted by Gasteiger charge is -2.19. The molecule has 0 aliphatic carbocycles. The van der Waals surface area contributed by atoms with Crippen molar-refractivity contribution in [1.82, 2.24) is 0 Å². The normalized spacial score (nSPS) is 12.1. The van der Waals surface area contributed by atoms with Gasteiger partial charge in [-0.25, -0.2) is 4.79 Å². The lowest BCUT2D eigenvalue weighted by atomic mass is 9.91. The molecule has 0 aromatic carbocycles. The lowest BCUT2D eigenvalue weighted by Crippen LogP contribution is -2.28. The molecule has 0 saturated carbocycles. The van der Waals surface area contributed by atoms with Crippen molar-refractivity contribution in [2.45, 2.75) is 39.8 Å². The summed E-state index contributed by atoms with van der Waals surface area (Å²) >= 11 is 0. The number of alkyl halides is 3. The molecule has 0 heterocycles. The lowest BCUT2D eigenvalue weighted by molar-refractivity contribution is -0.170. The largest absolute Gasteiger partial charge is 0.463 e. The van der Waals surface area contributed by atoms with Gasteiger partial charge in [-0.1, -0.05) is 6.92 Å². The zero-order valence-corrected chi connectivity index (χ0v) is 10.6. The fourth-order valence-electron chi connectivity index (χ4n) is 0.786. The molecule has 0 aromatic rings. The van der Waals surface area contributed by atoms with Crippen molar-refractivity contribution in [3.05, 3.63) is 0 Å². The molecule has 0 atom stereocenters. The van der Waals surface area contributed by atoms with Gasteiger partial charge in [-0.2, -0.15) is 13.2 Å². The summed E-state index contributed by atoms with van der Waals surface area (Å²) in [5.41, 5.74) is -0.730. The number of ether oxygens (including phenoxy) is 2. The molecule has 7 heteroatoms. The maximum absolute atomic E-state index is 11.7. The number of carbonyl (C=O) groups is 2. The van der Waals surface area contributed by atoms with Crippen LogP contribution in [0.15, 0.2) is 0 Å². The molecule has 0 aliphatic heterocycles. The third kappa shape index (κ3) is 7.13. The highest BCUT2D eigenvalue weighted by Crippen LogP contribution is 2.21. The number of hydrogen-bond donors (Lipinski definition) is 0. The molecule has 0 bridgehead atoms. The summed E-state index contributed by atoms with van der Waals surface area (Å²) in [6.07, 6.45) is -5.07. The van der Waals surface area contributed by atoms with E-state index in [1.54, 1.807) is 20.8 Å². The minimum Gasteiger partial charge on any atom is -0.463 e. The monoisotopic (exact) mass is 270 g/mol. The Morgan fingerprint density at radius 1 is 1.11 bits per heavy atom. The molecule has 0 amide bonds. The first-order chi connectivity index (χ1) is 8.08. The smallest absolute Gasteiger partial charge is 0.392 e. The quantitative estimate of drug-likeness (QED) is 0.696. The van der Waals surface area contributed by atoms with Crippen molar-refractivity contribution in [1.29, 1.82) is 0 Å². The Morgan fingerprint density at radius 2 is 1.67 bits per heavy atom. The molecule has 0 rings (SSSR count). The molecule has 0 aliphatic rings. The molecule has 0 radical (unpaired) electrons. The zero-order valence-electron chi connectivity index (χ0n) is 10.6. The fraction of sp³-hybridized carbons (Fsp3) is 0.818. The van der Waals surface area contributed by atoms with Gasteiger partial charge in [-0.05, 0) is 20.3 Å². The van der Waals surface area contributed by atoms with Crippen LogP contribution in [0.4, 0.5) is 13.2 Å². The van der Waals surface area contributed by atoms with E-state index in [1.807, 2.05) is 0 Å². The highest BCUT2D eigenvalue weighted by molar-refractivity contribution is 5.79. The van der Waals surface area contributed by atoms with Crippen LogP contribution in [-0.4, -0.2) is 31.3 Å². The van der Waals surface area contributed by atoms with E-state index in [-0.39, 0.29) is 0 Å². The summed E-state index contributed by atoms with van der Waals surface area (Å²) in [5.74, 6) is -1.57. The first kappa shape index (κ1) is 16.7. The van der Waals surface area contributed by atoms with E-state index < -0.39 is 43.2 Å². The van der Waals surface area contributed by atoms with Gasteiger partial charge in [0.25, 0.3) is 0 Å². The van der Waals surface area contributed by atoms with Crippen LogP contribution in [0.25, 0.3) is 0 Å². The molecule has 0 aromatic heterocycles. The number of hydrogen-bond acceptors (Lipinski definition) is 4. The molecule has 0 N–H and O–H groups in total. The van der Waals surface area contributed by atoms with Gasteiger partial charge in [-0.3, -0.25) is 4.79 Å². The van der Waals surface area contributed by atoms with Crippen molar-refractivity contribution >= 4 is 11.9 Å². The van der Waals surface area contributed by atoms with Crippen LogP contribution in [0.1, 0.15) is 33.6 Å². The predicted octanol–water partition coefficient (Wildman–Crippen LogP) is 2.46. The van der Waals surface area contributed by atoms with Crippen molar-refractivity contribution < 1.29 is 32.2 Å². The fourth-order valence-corrected chi connectivity index (χ4v) is 0.786. The van der Waals surface area contributed by atoms with Gasteiger partial charge in [-0.15, -0.1) is 0 Å². The van der Waals surface area contributed by atoms with Crippen molar-refractivity contribution in [2.75, 3.05) is 13.2 Å². The second kappa shape index (κ2) is 6.61. The van der Waals surface area contributed by atoms with Gasteiger partial charge in [0.2, 0.25) is 0 Å². The number of halogens is 3. The van der Waals surface area contributed by atoms with Crippen LogP contribution >= 0.6 is 0 Å². The van der Waals surface area contributed by atoms with Crippen LogP contribution in [0, 0.1) is 5.41 Å². The Bertz CT molecular complexity index is 297. The number of rotatable bonds is 6. The van der Waals surface area contributed by atoms with Crippen LogP contribution in [-0.2, 0) is 19.1 Å². The molecule has 0 unspecified atom stereocenters. The van der Waals surface area contributed by atoms with Gasteiger partial charge in [0, 0.05) is 0 Å². The molecule has 4 nitrogen and oxygen atoms in total. The van der Waals surface area contributed by atoms with Crippen LogP contribution in [0.2, 0.25) is 0 Å². The molecular formula is C11H17F3O4. The van der Waals surface area contributed by atoms with E-state index in [1.165, 1.54) is 0 Å². The summed E-state index contributed by atoms with van der Waals surface area (Å²) in [6.45, 7) is 3.63. The standard InChI is InChI=1S/C11H17F3O4/c1-4-10(2,3)9(16)18-7-8(15)17-6-5-11(12,13)14/h4-7H2,1-3H3. The highest BCUT2D eigenvalue weighted by Gasteiger charge is 2.29. The predicted molar refractivity (Wildman–Crippen MR) is 56.7 cm³/mol. The Balaban J connectivity index is 3.88. The summed E-state index contributed by atoms with van der Waals surface area (Å²) < 4.78 is 44.2. The van der Waals surface area contributed by atoms with E-state index in [0.29, 0.717) is 6.42 Å². The molecule has 106 valence electrons. The molecule has 0 fully saturated rings. The topological polar surface area (TPSA) is 52.6 Å². The highest BCUT2D eigenvalue weighted by atomic mass is 19.4. The maximum atomic E-state index is 11.7. The van der Waals surface area contributed by atoms with E-state index in [2.05, 4.69) is 9.47 Å². The Morgan fingerprint density at radius 3 is 2.11 bits per heavy atom. The minimum absolute atomic E-state index is 0.523. The SMILES string of the molecule is CCC(C)(C)C(=O)OCC(=O)OCCC(F)(F)F. The van der Waals surface area contributed by atoms with Gasteiger partial charge >= 0.3 is 18.1 Å². The Kier molecular flexibility index (Phi) is 6.14. The third-order valence-electron chi connectivity index (χ3n) is 2.41. The Labute approximate surface area is 103 Å². The van der Waals surface area contributed by atoms with Crippen molar-refractivity contribution in [3.63, 3.8) is 0 Å². The summed E-state index contributed by atoms with van der Waals surface area (Å²) in [6, 6.07) is 0. The second-order valence-electron chi connectivity index (χ2n) is 4.40. The molecule has 0 spiro atoms. The first-order valence-corrected chi connectivity index (χ1v) is 5.48. The first-order valence-electron chi connectivity index (χ1n) is 5.48. The minimum atomic E-state index is -4.37. The summed E-state index contributed by atoms with van der Waals surface area (Å²) in [4.78, 5) is 22.4. The molecular weight excluding hydrogens is 253 g/mol. The summed E-state index contributed by atoms with van der Waals surface area (Å²) in [7, 11) is 0. The molecule has 0 saturated heterocycles.